The quantitative estimate of drug-likeness (QED) is 0.537. The maximum Gasteiger partial charge on any atom is 0.240 e. The Kier molecular flexibility index (Phi) is 1.61. The van der Waals surface area contributed by atoms with E-state index in [9.17, 15) is 0 Å². The summed E-state index contributed by atoms with van der Waals surface area (Å²) in [6.07, 6.45) is 4.32. The molecule has 0 saturated heterocycles. The molecule has 0 spiro atoms. The smallest absolute Gasteiger partial charge is 0.240 e. The van der Waals surface area contributed by atoms with E-state index in [1.165, 1.54) is 15.9 Å². The van der Waals surface area contributed by atoms with Crippen LogP contribution in [0.15, 0.2) is 36.0 Å². The zero-order valence-electron chi connectivity index (χ0n) is 7.97. The molecule has 0 saturated carbocycles. The summed E-state index contributed by atoms with van der Waals surface area (Å²) >= 11 is 1.79. The van der Waals surface area contributed by atoms with Crippen LogP contribution in [0.5, 0.6) is 0 Å². The van der Waals surface area contributed by atoms with Gasteiger partial charge in [0.15, 0.2) is 11.0 Å². The molecule has 3 aromatic heterocycles. The fourth-order valence-electron chi connectivity index (χ4n) is 1.87. The van der Waals surface area contributed by atoms with E-state index in [-0.39, 0.29) is 0 Å². The molecule has 3 aromatic rings. The minimum atomic E-state index is 1.02. The molecule has 0 aromatic carbocycles. The first-order chi connectivity index (χ1) is 6.90. The predicted octanol–water partition coefficient (Wildman–Crippen LogP) is 2.46. The number of hydrogen-bond donors (Lipinski definition) is 0. The van der Waals surface area contributed by atoms with Crippen molar-refractivity contribution in [1.29, 1.82) is 0 Å². The lowest BCUT2D eigenvalue weighted by Crippen LogP contribution is -2.32. The van der Waals surface area contributed by atoms with Crippen LogP contribution < -0.4 is 4.57 Å². The first kappa shape index (κ1) is 8.00. The van der Waals surface area contributed by atoms with Crippen molar-refractivity contribution in [3.05, 3.63) is 36.0 Å². The summed E-state index contributed by atoms with van der Waals surface area (Å²) in [5.74, 6) is 0. The maximum absolute atomic E-state index is 2.29. The van der Waals surface area contributed by atoms with Crippen molar-refractivity contribution in [3.8, 4) is 0 Å². The number of fused-ring (bicyclic) bond motifs is 3. The average molecular weight is 203 g/mol. The van der Waals surface area contributed by atoms with E-state index in [1.807, 2.05) is 0 Å². The molecule has 3 rings (SSSR count). The number of hydrogen-bond acceptors (Lipinski definition) is 1. The fraction of sp³-hybridized carbons (Fsp3) is 0.182. The van der Waals surface area contributed by atoms with Crippen LogP contribution in [0.25, 0.3) is 15.9 Å². The molecule has 0 aliphatic carbocycles. The highest BCUT2D eigenvalue weighted by atomic mass is 32.1. The van der Waals surface area contributed by atoms with Crippen molar-refractivity contribution in [2.24, 2.45) is 0 Å². The van der Waals surface area contributed by atoms with Gasteiger partial charge < -0.3 is 0 Å². The van der Waals surface area contributed by atoms with Crippen LogP contribution in [-0.4, -0.2) is 4.40 Å². The van der Waals surface area contributed by atoms with Crippen LogP contribution in [0.2, 0.25) is 0 Å². The Morgan fingerprint density at radius 1 is 1.43 bits per heavy atom. The average Bonchev–Trinajstić information content (AvgIpc) is 2.83. The van der Waals surface area contributed by atoms with E-state index in [0.29, 0.717) is 0 Å². The first-order valence-electron chi connectivity index (χ1n) is 4.77. The molecule has 0 N–H and O–H groups in total. The summed E-state index contributed by atoms with van der Waals surface area (Å²) < 4.78 is 4.54. The van der Waals surface area contributed by atoms with Crippen LogP contribution in [0.1, 0.15) is 6.92 Å². The Hall–Kier alpha value is -1.35. The molecule has 0 radical (unpaired) electrons. The van der Waals surface area contributed by atoms with Gasteiger partial charge in [-0.1, -0.05) is 0 Å². The van der Waals surface area contributed by atoms with E-state index >= 15 is 0 Å². The Morgan fingerprint density at radius 3 is 3.21 bits per heavy atom. The zero-order chi connectivity index (χ0) is 9.54. The number of thiophene rings is 1. The minimum Gasteiger partial charge on any atom is -0.298 e. The van der Waals surface area contributed by atoms with Gasteiger partial charge in [-0.25, -0.2) is 0 Å². The van der Waals surface area contributed by atoms with E-state index in [4.69, 9.17) is 0 Å². The Balaban J connectivity index is 2.59. The third kappa shape index (κ3) is 0.930. The van der Waals surface area contributed by atoms with Crippen LogP contribution in [0.3, 0.4) is 0 Å². The highest BCUT2D eigenvalue weighted by Gasteiger charge is 2.11. The SMILES string of the molecule is CC[n+]1cc2cccn2c2sccc21. The van der Waals surface area contributed by atoms with Gasteiger partial charge in [0.2, 0.25) is 5.52 Å². The van der Waals surface area contributed by atoms with Crippen molar-refractivity contribution >= 4 is 27.2 Å². The predicted molar refractivity (Wildman–Crippen MR) is 58.6 cm³/mol. The van der Waals surface area contributed by atoms with E-state index in [1.54, 1.807) is 11.3 Å². The molecule has 14 heavy (non-hydrogen) atoms. The molecule has 2 nitrogen and oxygen atoms in total. The summed E-state index contributed by atoms with van der Waals surface area (Å²) in [5, 5.41) is 2.15. The van der Waals surface area contributed by atoms with E-state index in [0.717, 1.165) is 6.54 Å². The lowest BCUT2D eigenvalue weighted by Gasteiger charge is -1.97. The molecule has 0 atom stereocenters. The first-order valence-corrected chi connectivity index (χ1v) is 5.65. The number of rotatable bonds is 1. The maximum atomic E-state index is 2.29. The summed E-state index contributed by atoms with van der Waals surface area (Å²) in [4.78, 5) is 1.33. The molecular formula is C11H11N2S+. The van der Waals surface area contributed by atoms with Gasteiger partial charge in [0, 0.05) is 12.3 Å². The topological polar surface area (TPSA) is 8.29 Å². The van der Waals surface area contributed by atoms with Crippen molar-refractivity contribution in [1.82, 2.24) is 4.40 Å². The van der Waals surface area contributed by atoms with Crippen molar-refractivity contribution < 1.29 is 4.57 Å². The van der Waals surface area contributed by atoms with E-state index in [2.05, 4.69) is 51.9 Å². The van der Waals surface area contributed by atoms with Gasteiger partial charge in [0.05, 0.1) is 0 Å². The lowest BCUT2D eigenvalue weighted by molar-refractivity contribution is -0.666. The minimum absolute atomic E-state index is 1.02. The highest BCUT2D eigenvalue weighted by molar-refractivity contribution is 7.16. The molecule has 0 amide bonds. The van der Waals surface area contributed by atoms with Gasteiger partial charge in [0.25, 0.3) is 0 Å². The molecule has 70 valence electrons. The normalized spacial score (nSPS) is 11.5. The van der Waals surface area contributed by atoms with Gasteiger partial charge in [-0.15, -0.1) is 11.3 Å². The molecule has 3 heteroatoms. The second kappa shape index (κ2) is 2.82. The second-order valence-electron chi connectivity index (χ2n) is 3.33. The van der Waals surface area contributed by atoms with Crippen LogP contribution in [0.4, 0.5) is 0 Å². The Bertz CT molecular complexity index is 591. The van der Waals surface area contributed by atoms with Crippen LogP contribution in [-0.2, 0) is 6.54 Å². The summed E-state index contributed by atoms with van der Waals surface area (Å²) in [5.41, 5.74) is 2.59. The van der Waals surface area contributed by atoms with E-state index < -0.39 is 0 Å². The summed E-state index contributed by atoms with van der Waals surface area (Å²) in [6.45, 7) is 3.20. The van der Waals surface area contributed by atoms with Crippen LogP contribution >= 0.6 is 11.3 Å². The third-order valence-electron chi connectivity index (χ3n) is 2.56. The van der Waals surface area contributed by atoms with Gasteiger partial charge in [-0.2, -0.15) is 4.57 Å². The highest BCUT2D eigenvalue weighted by Crippen LogP contribution is 2.19. The van der Waals surface area contributed by atoms with Gasteiger partial charge in [-0.3, -0.25) is 4.40 Å². The Morgan fingerprint density at radius 2 is 2.36 bits per heavy atom. The van der Waals surface area contributed by atoms with Crippen LogP contribution in [0, 0.1) is 0 Å². The molecular weight excluding hydrogens is 192 g/mol. The molecule has 0 fully saturated rings. The van der Waals surface area contributed by atoms with Crippen molar-refractivity contribution in [3.63, 3.8) is 0 Å². The fourth-order valence-corrected chi connectivity index (χ4v) is 2.78. The number of nitrogens with zero attached hydrogens (tertiary/aromatic N) is 2. The zero-order valence-corrected chi connectivity index (χ0v) is 8.79. The third-order valence-corrected chi connectivity index (χ3v) is 3.46. The van der Waals surface area contributed by atoms with Gasteiger partial charge in [0.1, 0.15) is 12.1 Å². The van der Waals surface area contributed by atoms with Crippen molar-refractivity contribution in [2.45, 2.75) is 13.5 Å². The number of aromatic nitrogens is 2. The molecule has 0 bridgehead atoms. The molecule has 0 aliphatic rings. The largest absolute Gasteiger partial charge is 0.298 e. The molecule has 0 unspecified atom stereocenters. The molecule has 3 heterocycles. The number of aryl methyl sites for hydroxylation is 1. The van der Waals surface area contributed by atoms with Gasteiger partial charge >= 0.3 is 0 Å². The Labute approximate surface area is 86.0 Å². The molecule has 0 aliphatic heterocycles. The standard InChI is InChI=1S/C11H11N2S/c1-2-12-8-9-4-3-6-13(9)11-10(12)5-7-14-11/h3-8H,2H2,1H3/q+1. The van der Waals surface area contributed by atoms with Crippen molar-refractivity contribution in [2.75, 3.05) is 0 Å². The van der Waals surface area contributed by atoms with Gasteiger partial charge in [-0.05, 0) is 24.4 Å². The monoisotopic (exact) mass is 203 g/mol. The lowest BCUT2D eigenvalue weighted by atomic mass is 10.4. The summed E-state index contributed by atoms with van der Waals surface area (Å²) in [6, 6.07) is 6.42. The summed E-state index contributed by atoms with van der Waals surface area (Å²) in [7, 11) is 0. The second-order valence-corrected chi connectivity index (χ2v) is 4.22.